The van der Waals surface area contributed by atoms with Crippen molar-refractivity contribution in [2.75, 3.05) is 0 Å². The summed E-state index contributed by atoms with van der Waals surface area (Å²) in [4.78, 5) is 30.5. The molecule has 0 aromatic heterocycles. The molecule has 0 rings (SSSR count). The quantitative estimate of drug-likeness (QED) is 0.484. The third-order valence-electron chi connectivity index (χ3n) is 1.29. The van der Waals surface area contributed by atoms with E-state index in [-0.39, 0.29) is 29.6 Å². The molecular weight excluding hydrogens is 302 g/mol. The van der Waals surface area contributed by atoms with Crippen molar-refractivity contribution in [1.82, 2.24) is 0 Å². The molecule has 0 aliphatic heterocycles. The molecule has 0 saturated carbocycles. The number of carboxylic acids is 3. The standard InChI is InChI=1S/C6H8O7.2ClH.Mg.Na.H/c7-3(8)1-6(13,5(11)12)2-4(9)10;;;;;/h13H,1-2H2,(H,7,8)(H,9,10)(H,11,12);2*1H;;;/q;;;+2;;/p-2. The van der Waals surface area contributed by atoms with Gasteiger partial charge in [-0.2, -0.15) is 0 Å². The van der Waals surface area contributed by atoms with Crippen LogP contribution < -0.4 is 0 Å². The summed E-state index contributed by atoms with van der Waals surface area (Å²) in [5, 5.41) is 33.8. The minimum atomic E-state index is -2.74. The van der Waals surface area contributed by atoms with Crippen LogP contribution in [-0.2, 0) is 14.4 Å². The van der Waals surface area contributed by atoms with Gasteiger partial charge in [0, 0.05) is 0 Å². The second-order valence-electron chi connectivity index (χ2n) is 2.58. The molecule has 4 N–H and O–H groups in total. The van der Waals surface area contributed by atoms with Crippen LogP contribution in [0.25, 0.3) is 0 Å². The predicted molar refractivity (Wildman–Crippen MR) is 61.7 cm³/mol. The van der Waals surface area contributed by atoms with E-state index in [9.17, 15) is 14.4 Å². The zero-order valence-electron chi connectivity index (χ0n) is 7.89. The van der Waals surface area contributed by atoms with Crippen LogP contribution in [0.5, 0.6) is 0 Å². The number of carbonyl (C=O) groups is 3. The topological polar surface area (TPSA) is 132 Å². The zero-order valence-corrected chi connectivity index (χ0v) is 10.8. The molecule has 0 saturated heterocycles. The summed E-state index contributed by atoms with van der Waals surface area (Å²) in [5.74, 6) is -5.02. The molecule has 0 heterocycles. The normalized spacial score (nSPS) is 8.88. The van der Waals surface area contributed by atoms with E-state index in [0.717, 1.165) is 0 Å². The number of hydrogen-bond donors (Lipinski definition) is 4. The van der Waals surface area contributed by atoms with Crippen LogP contribution in [0.4, 0.5) is 0 Å². The Morgan fingerprint density at radius 3 is 1.35 bits per heavy atom. The molecular formula is C6H9Cl2MgNaO7. The molecule has 0 aromatic carbocycles. The number of rotatable bonds is 5. The SMILES string of the molecule is O=C(O)CC(O)(CC(=O)O)C(=O)O.[Cl][Mg][Cl].[NaH]. The Labute approximate surface area is 136 Å². The molecule has 0 unspecified atom stereocenters. The van der Waals surface area contributed by atoms with E-state index in [0.29, 0.717) is 0 Å². The fraction of sp³-hybridized carbons (Fsp3) is 0.500. The summed E-state index contributed by atoms with van der Waals surface area (Å²) >= 11 is -0.639. The van der Waals surface area contributed by atoms with Gasteiger partial charge in [-0.15, -0.1) is 0 Å². The van der Waals surface area contributed by atoms with Crippen LogP contribution in [0.1, 0.15) is 12.8 Å². The average molecular weight is 311 g/mol. The van der Waals surface area contributed by atoms with Gasteiger partial charge in [-0.05, 0) is 0 Å². The van der Waals surface area contributed by atoms with Crippen LogP contribution in [0.3, 0.4) is 0 Å². The summed E-state index contributed by atoms with van der Waals surface area (Å²) in [5.41, 5.74) is -2.74. The Morgan fingerprint density at radius 2 is 1.24 bits per heavy atom. The molecule has 0 radical (unpaired) electrons. The molecule has 11 heteroatoms. The van der Waals surface area contributed by atoms with E-state index in [1.807, 2.05) is 0 Å². The second kappa shape index (κ2) is 11.8. The van der Waals surface area contributed by atoms with Gasteiger partial charge in [-0.1, -0.05) is 0 Å². The van der Waals surface area contributed by atoms with Crippen LogP contribution in [-0.4, -0.2) is 91.7 Å². The van der Waals surface area contributed by atoms with Crippen molar-refractivity contribution in [2.24, 2.45) is 0 Å². The van der Waals surface area contributed by atoms with E-state index >= 15 is 0 Å². The van der Waals surface area contributed by atoms with Gasteiger partial charge >= 0.3 is 65.6 Å². The molecule has 0 atom stereocenters. The van der Waals surface area contributed by atoms with E-state index in [1.54, 1.807) is 0 Å². The molecule has 0 fully saturated rings. The van der Waals surface area contributed by atoms with Crippen molar-refractivity contribution < 1.29 is 34.8 Å². The minimum absolute atomic E-state index is 0. The van der Waals surface area contributed by atoms with E-state index in [2.05, 4.69) is 0 Å². The van der Waals surface area contributed by atoms with Crippen LogP contribution >= 0.6 is 18.1 Å². The first-order valence-corrected chi connectivity index (χ1v) is 7.98. The summed E-state index contributed by atoms with van der Waals surface area (Å²) in [6.07, 6.45) is -2.29. The van der Waals surface area contributed by atoms with Crippen molar-refractivity contribution >= 4 is 83.8 Å². The maximum absolute atomic E-state index is 10.3. The Morgan fingerprint density at radius 1 is 1.00 bits per heavy atom. The zero-order chi connectivity index (χ0) is 13.4. The number of aliphatic carboxylic acids is 3. The van der Waals surface area contributed by atoms with Crippen molar-refractivity contribution in [1.29, 1.82) is 0 Å². The molecule has 0 aliphatic carbocycles. The van der Waals surface area contributed by atoms with Gasteiger partial charge in [0.2, 0.25) is 0 Å². The van der Waals surface area contributed by atoms with E-state index < -0.39 is 54.5 Å². The van der Waals surface area contributed by atoms with Gasteiger partial charge in [0.15, 0.2) is 5.60 Å². The van der Waals surface area contributed by atoms with Gasteiger partial charge in [0.1, 0.15) is 0 Å². The van der Waals surface area contributed by atoms with Gasteiger partial charge < -0.3 is 38.6 Å². The summed E-state index contributed by atoms with van der Waals surface area (Å²) in [6, 6.07) is 0. The molecule has 0 spiro atoms. The van der Waals surface area contributed by atoms with E-state index in [1.165, 1.54) is 0 Å². The molecule has 0 bridgehead atoms. The molecule has 7 nitrogen and oxygen atoms in total. The summed E-state index contributed by atoms with van der Waals surface area (Å²) in [6.45, 7) is 0. The molecule has 0 aliphatic rings. The molecule has 0 amide bonds. The van der Waals surface area contributed by atoms with Crippen molar-refractivity contribution in [2.45, 2.75) is 18.4 Å². The van der Waals surface area contributed by atoms with Crippen molar-refractivity contribution in [3.63, 3.8) is 0 Å². The third-order valence-corrected chi connectivity index (χ3v) is 1.29. The van der Waals surface area contributed by atoms with Gasteiger partial charge in [0.05, 0.1) is 12.8 Å². The Balaban J connectivity index is -0.000000440. The summed E-state index contributed by atoms with van der Waals surface area (Å²) in [7, 11) is 9.81. The first kappa shape index (κ1) is 22.9. The van der Waals surface area contributed by atoms with Crippen LogP contribution in [0.2, 0.25) is 0 Å². The molecule has 92 valence electrons. The van der Waals surface area contributed by atoms with Gasteiger partial charge in [-0.25, -0.2) is 4.79 Å². The number of hydrogen-bond acceptors (Lipinski definition) is 4. The number of halogens is 2. The third kappa shape index (κ3) is 13.0. The average Bonchev–Trinajstić information content (AvgIpc) is 2.01. The summed E-state index contributed by atoms with van der Waals surface area (Å²) < 4.78 is 0. The van der Waals surface area contributed by atoms with Crippen molar-refractivity contribution in [3.8, 4) is 0 Å². The fourth-order valence-electron chi connectivity index (χ4n) is 0.714. The second-order valence-corrected chi connectivity index (χ2v) is 5.21. The Kier molecular flexibility index (Phi) is 15.8. The molecule has 0 aromatic rings. The first-order chi connectivity index (χ1) is 7.19. The monoisotopic (exact) mass is 310 g/mol. The molecule has 17 heavy (non-hydrogen) atoms. The number of aliphatic hydroxyl groups is 1. The van der Waals surface area contributed by atoms with E-state index in [4.69, 9.17) is 38.6 Å². The fourth-order valence-corrected chi connectivity index (χ4v) is 0.714. The predicted octanol–water partition coefficient (Wildman–Crippen LogP) is -0.899. The van der Waals surface area contributed by atoms with Crippen molar-refractivity contribution in [3.05, 3.63) is 0 Å². The van der Waals surface area contributed by atoms with Crippen LogP contribution in [0.15, 0.2) is 0 Å². The maximum atomic E-state index is 10.3. The van der Waals surface area contributed by atoms with Gasteiger partial charge in [0.25, 0.3) is 0 Å². The Hall–Kier alpha value is 0.716. The number of carboxylic acid groups (broad SMARTS) is 3. The first-order valence-electron chi connectivity index (χ1n) is 3.71. The van der Waals surface area contributed by atoms with Gasteiger partial charge in [-0.3, -0.25) is 9.59 Å². The van der Waals surface area contributed by atoms with Crippen LogP contribution in [0, 0.1) is 0 Å². The Bertz CT molecular complexity index is 259.